The molecule has 1 aromatic heterocycles. The van der Waals surface area contributed by atoms with Gasteiger partial charge in [0.1, 0.15) is 0 Å². The van der Waals surface area contributed by atoms with Gasteiger partial charge in [0, 0.05) is 25.2 Å². The lowest BCUT2D eigenvalue weighted by Crippen LogP contribution is -2.36. The standard InChI is InChI=1S/C17H22N4OS/c1-2-21-16(14-9-5-3-6-10-14)18-19-17(21)23-13-15(22)20-11-7-4-8-12-20/h3,5-6,9-10H,2,4,7-8,11-13H2,1H3. The first-order valence-electron chi connectivity index (χ1n) is 8.18. The molecule has 1 aliphatic rings. The van der Waals surface area contributed by atoms with Crippen molar-refractivity contribution in [1.82, 2.24) is 19.7 Å². The minimum Gasteiger partial charge on any atom is -0.342 e. The van der Waals surface area contributed by atoms with Gasteiger partial charge in [0.2, 0.25) is 5.91 Å². The Morgan fingerprint density at radius 1 is 1.13 bits per heavy atom. The highest BCUT2D eigenvalue weighted by Crippen LogP contribution is 2.24. The monoisotopic (exact) mass is 330 g/mol. The third kappa shape index (κ3) is 3.75. The van der Waals surface area contributed by atoms with Gasteiger partial charge in [0.15, 0.2) is 11.0 Å². The normalized spacial score (nSPS) is 14.9. The van der Waals surface area contributed by atoms with Crippen LogP contribution in [-0.2, 0) is 11.3 Å². The third-order valence-corrected chi connectivity index (χ3v) is 5.05. The number of rotatable bonds is 5. The first kappa shape index (κ1) is 16.1. The molecule has 0 unspecified atom stereocenters. The SMILES string of the molecule is CCn1c(SCC(=O)N2CCCCC2)nnc1-c1ccccc1. The Morgan fingerprint density at radius 3 is 2.57 bits per heavy atom. The fourth-order valence-corrected chi connectivity index (χ4v) is 3.75. The fraction of sp³-hybridized carbons (Fsp3) is 0.471. The molecule has 6 heteroatoms. The quantitative estimate of drug-likeness (QED) is 0.791. The topological polar surface area (TPSA) is 51.0 Å². The van der Waals surface area contributed by atoms with Gasteiger partial charge in [-0.15, -0.1) is 10.2 Å². The van der Waals surface area contributed by atoms with Crippen LogP contribution < -0.4 is 0 Å². The summed E-state index contributed by atoms with van der Waals surface area (Å²) in [7, 11) is 0. The average Bonchev–Trinajstić information content (AvgIpc) is 3.04. The molecule has 1 aliphatic heterocycles. The third-order valence-electron chi connectivity index (χ3n) is 4.10. The molecule has 1 amide bonds. The number of aromatic nitrogens is 3. The van der Waals surface area contributed by atoms with Gasteiger partial charge in [0.05, 0.1) is 5.75 Å². The minimum atomic E-state index is 0.210. The highest BCUT2D eigenvalue weighted by atomic mass is 32.2. The summed E-state index contributed by atoms with van der Waals surface area (Å²) in [5, 5.41) is 9.42. The molecular weight excluding hydrogens is 308 g/mol. The van der Waals surface area contributed by atoms with Gasteiger partial charge >= 0.3 is 0 Å². The summed E-state index contributed by atoms with van der Waals surface area (Å²) in [5.41, 5.74) is 1.05. The highest BCUT2D eigenvalue weighted by Gasteiger charge is 2.19. The lowest BCUT2D eigenvalue weighted by atomic mass is 10.1. The smallest absolute Gasteiger partial charge is 0.233 e. The van der Waals surface area contributed by atoms with E-state index in [9.17, 15) is 4.79 Å². The van der Waals surface area contributed by atoms with Crippen molar-refractivity contribution in [3.63, 3.8) is 0 Å². The van der Waals surface area contributed by atoms with Crippen LogP contribution in [-0.4, -0.2) is 44.4 Å². The van der Waals surface area contributed by atoms with Crippen LogP contribution in [0.5, 0.6) is 0 Å². The van der Waals surface area contributed by atoms with Crippen molar-refractivity contribution in [3.05, 3.63) is 30.3 Å². The Hall–Kier alpha value is -1.82. The van der Waals surface area contributed by atoms with E-state index < -0.39 is 0 Å². The number of nitrogens with zero attached hydrogens (tertiary/aromatic N) is 4. The molecule has 0 spiro atoms. The molecule has 23 heavy (non-hydrogen) atoms. The summed E-state index contributed by atoms with van der Waals surface area (Å²) in [6, 6.07) is 10.0. The first-order valence-corrected chi connectivity index (χ1v) is 9.17. The summed E-state index contributed by atoms with van der Waals surface area (Å²) in [5.74, 6) is 1.51. The molecule has 122 valence electrons. The van der Waals surface area contributed by atoms with Crippen LogP contribution in [0.25, 0.3) is 11.4 Å². The number of carbonyl (C=O) groups is 1. The maximum atomic E-state index is 12.3. The van der Waals surface area contributed by atoms with Crippen molar-refractivity contribution in [1.29, 1.82) is 0 Å². The van der Waals surface area contributed by atoms with Crippen molar-refractivity contribution >= 4 is 17.7 Å². The number of hydrogen-bond acceptors (Lipinski definition) is 4. The summed E-state index contributed by atoms with van der Waals surface area (Å²) in [4.78, 5) is 14.3. The van der Waals surface area contributed by atoms with Crippen molar-refractivity contribution in [3.8, 4) is 11.4 Å². The second-order valence-corrected chi connectivity index (χ2v) is 6.59. The molecule has 1 fully saturated rings. The van der Waals surface area contributed by atoms with E-state index in [1.165, 1.54) is 18.2 Å². The van der Waals surface area contributed by atoms with Gasteiger partial charge < -0.3 is 9.47 Å². The predicted octanol–water partition coefficient (Wildman–Crippen LogP) is 3.07. The van der Waals surface area contributed by atoms with Gasteiger partial charge in [-0.3, -0.25) is 4.79 Å². The molecule has 0 radical (unpaired) electrons. The van der Waals surface area contributed by atoms with Crippen LogP contribution in [0, 0.1) is 0 Å². The van der Waals surface area contributed by atoms with Gasteiger partial charge in [0.25, 0.3) is 0 Å². The van der Waals surface area contributed by atoms with Crippen LogP contribution >= 0.6 is 11.8 Å². The number of thioether (sulfide) groups is 1. The van der Waals surface area contributed by atoms with E-state index in [1.54, 1.807) is 0 Å². The van der Waals surface area contributed by atoms with E-state index in [4.69, 9.17) is 0 Å². The zero-order valence-corrected chi connectivity index (χ0v) is 14.3. The molecule has 0 atom stereocenters. The Bertz CT molecular complexity index is 650. The van der Waals surface area contributed by atoms with Crippen LogP contribution in [0.15, 0.2) is 35.5 Å². The van der Waals surface area contributed by atoms with Crippen molar-refractivity contribution in [2.45, 2.75) is 37.9 Å². The molecule has 2 heterocycles. The second kappa shape index (κ2) is 7.64. The molecule has 0 saturated carbocycles. The van der Waals surface area contributed by atoms with E-state index >= 15 is 0 Å². The van der Waals surface area contributed by atoms with Crippen LogP contribution in [0.2, 0.25) is 0 Å². The summed E-state index contributed by atoms with van der Waals surface area (Å²) < 4.78 is 2.07. The van der Waals surface area contributed by atoms with E-state index in [0.29, 0.717) is 5.75 Å². The lowest BCUT2D eigenvalue weighted by molar-refractivity contribution is -0.129. The Morgan fingerprint density at radius 2 is 1.87 bits per heavy atom. The van der Waals surface area contributed by atoms with E-state index in [-0.39, 0.29) is 5.91 Å². The molecule has 0 aliphatic carbocycles. The predicted molar refractivity (Wildman–Crippen MR) is 92.3 cm³/mol. The number of amides is 1. The summed E-state index contributed by atoms with van der Waals surface area (Å²) in [6.07, 6.45) is 3.49. The van der Waals surface area contributed by atoms with Crippen LogP contribution in [0.3, 0.4) is 0 Å². The minimum absolute atomic E-state index is 0.210. The molecule has 0 N–H and O–H groups in total. The van der Waals surface area contributed by atoms with E-state index in [2.05, 4.69) is 21.7 Å². The van der Waals surface area contributed by atoms with Gasteiger partial charge in [-0.1, -0.05) is 42.1 Å². The average molecular weight is 330 g/mol. The number of piperidine rings is 1. The van der Waals surface area contributed by atoms with Crippen LogP contribution in [0.1, 0.15) is 26.2 Å². The lowest BCUT2D eigenvalue weighted by Gasteiger charge is -2.26. The summed E-state index contributed by atoms with van der Waals surface area (Å²) >= 11 is 1.49. The maximum absolute atomic E-state index is 12.3. The zero-order valence-electron chi connectivity index (χ0n) is 13.4. The Balaban J connectivity index is 1.68. The Labute approximate surface area is 141 Å². The summed E-state index contributed by atoms with van der Waals surface area (Å²) in [6.45, 7) is 4.66. The molecule has 2 aromatic rings. The number of carbonyl (C=O) groups excluding carboxylic acids is 1. The first-order chi connectivity index (χ1) is 11.3. The van der Waals surface area contributed by atoms with Gasteiger partial charge in [-0.2, -0.15) is 0 Å². The number of likely N-dealkylation sites (tertiary alicyclic amines) is 1. The van der Waals surface area contributed by atoms with E-state index in [0.717, 1.165) is 49.0 Å². The largest absolute Gasteiger partial charge is 0.342 e. The van der Waals surface area contributed by atoms with Crippen LogP contribution in [0.4, 0.5) is 0 Å². The molecule has 1 aromatic carbocycles. The van der Waals surface area contributed by atoms with E-state index in [1.807, 2.05) is 35.2 Å². The molecule has 3 rings (SSSR count). The maximum Gasteiger partial charge on any atom is 0.233 e. The van der Waals surface area contributed by atoms with Gasteiger partial charge in [-0.25, -0.2) is 0 Å². The van der Waals surface area contributed by atoms with Crippen molar-refractivity contribution in [2.24, 2.45) is 0 Å². The number of hydrogen-bond donors (Lipinski definition) is 0. The van der Waals surface area contributed by atoms with Crippen molar-refractivity contribution in [2.75, 3.05) is 18.8 Å². The highest BCUT2D eigenvalue weighted by molar-refractivity contribution is 7.99. The second-order valence-electron chi connectivity index (χ2n) is 5.65. The molecule has 5 nitrogen and oxygen atoms in total. The molecular formula is C17H22N4OS. The molecule has 1 saturated heterocycles. The molecule has 0 bridgehead atoms. The fourth-order valence-electron chi connectivity index (χ4n) is 2.84. The Kier molecular flexibility index (Phi) is 5.33. The number of benzene rings is 1. The van der Waals surface area contributed by atoms with Crippen molar-refractivity contribution < 1.29 is 4.79 Å². The zero-order chi connectivity index (χ0) is 16.1. The van der Waals surface area contributed by atoms with Gasteiger partial charge in [-0.05, 0) is 26.2 Å².